The first-order valence-electron chi connectivity index (χ1n) is 5.79. The van der Waals surface area contributed by atoms with Gasteiger partial charge in [0.25, 0.3) is 0 Å². The van der Waals surface area contributed by atoms with Crippen molar-refractivity contribution in [2.24, 2.45) is 0 Å². The largest absolute Gasteiger partial charge is 0.436 e. The number of ether oxygens (including phenoxy) is 1. The highest BCUT2D eigenvalue weighted by molar-refractivity contribution is 6.32. The average Bonchev–Trinajstić information content (AvgIpc) is 2.60. The minimum atomic E-state index is 0.542. The summed E-state index contributed by atoms with van der Waals surface area (Å²) in [5, 5.41) is 4.86. The second-order valence-electron chi connectivity index (χ2n) is 4.16. The second kappa shape index (κ2) is 4.90. The molecule has 0 fully saturated rings. The Morgan fingerprint density at radius 2 is 2.11 bits per heavy atom. The van der Waals surface area contributed by atoms with Crippen molar-refractivity contribution in [2.75, 3.05) is 5.73 Å². The number of nitrogen functional groups attached to an aromatic ring is 1. The van der Waals surface area contributed by atoms with E-state index in [9.17, 15) is 0 Å². The van der Waals surface area contributed by atoms with Crippen molar-refractivity contribution >= 4 is 17.3 Å². The molecule has 0 aliphatic rings. The van der Waals surface area contributed by atoms with Gasteiger partial charge in [-0.1, -0.05) is 17.7 Å². The zero-order valence-electron chi connectivity index (χ0n) is 10.7. The molecule has 0 aliphatic heterocycles. The van der Waals surface area contributed by atoms with Crippen LogP contribution >= 0.6 is 11.6 Å². The number of halogens is 1. The third kappa shape index (κ3) is 2.29. The summed E-state index contributed by atoms with van der Waals surface area (Å²) in [6, 6.07) is 5.63. The van der Waals surface area contributed by atoms with E-state index in [4.69, 9.17) is 22.1 Å². The Hall–Kier alpha value is -1.68. The maximum absolute atomic E-state index is 6.14. The van der Waals surface area contributed by atoms with Gasteiger partial charge in [-0.05, 0) is 38.5 Å². The van der Waals surface area contributed by atoms with Crippen LogP contribution < -0.4 is 10.5 Å². The molecule has 0 unspecified atom stereocenters. The molecule has 0 atom stereocenters. The molecule has 96 valence electrons. The van der Waals surface area contributed by atoms with Gasteiger partial charge in [0, 0.05) is 6.54 Å². The van der Waals surface area contributed by atoms with E-state index in [1.54, 1.807) is 4.68 Å². The number of benzene rings is 1. The highest BCUT2D eigenvalue weighted by Crippen LogP contribution is 2.34. The lowest BCUT2D eigenvalue weighted by atomic mass is 10.2. The van der Waals surface area contributed by atoms with Gasteiger partial charge in [-0.25, -0.2) is 4.68 Å². The summed E-state index contributed by atoms with van der Waals surface area (Å²) in [6.45, 7) is 6.50. The molecule has 0 saturated heterocycles. The molecule has 4 nitrogen and oxygen atoms in total. The maximum Gasteiger partial charge on any atom is 0.241 e. The van der Waals surface area contributed by atoms with Crippen LogP contribution in [0, 0.1) is 13.8 Å². The number of aryl methyl sites for hydroxylation is 3. The summed E-state index contributed by atoms with van der Waals surface area (Å²) < 4.78 is 7.50. The van der Waals surface area contributed by atoms with E-state index in [2.05, 4.69) is 5.10 Å². The standard InChI is InChI=1S/C13H16ClN3O/c1-4-17-13(12(15)9(3)16-17)18-11-6-5-8(2)7-10(11)14/h5-7H,4,15H2,1-3H3. The van der Waals surface area contributed by atoms with Crippen molar-refractivity contribution in [1.29, 1.82) is 0 Å². The van der Waals surface area contributed by atoms with Gasteiger partial charge in [0.05, 0.1) is 10.7 Å². The van der Waals surface area contributed by atoms with Gasteiger partial charge in [0.15, 0.2) is 0 Å². The molecule has 2 aromatic rings. The van der Waals surface area contributed by atoms with E-state index < -0.39 is 0 Å². The monoisotopic (exact) mass is 265 g/mol. The van der Waals surface area contributed by atoms with Gasteiger partial charge in [0.2, 0.25) is 5.88 Å². The van der Waals surface area contributed by atoms with Crippen molar-refractivity contribution in [3.8, 4) is 11.6 Å². The van der Waals surface area contributed by atoms with Crippen molar-refractivity contribution in [3.63, 3.8) is 0 Å². The Balaban J connectivity index is 2.39. The van der Waals surface area contributed by atoms with E-state index in [0.29, 0.717) is 28.9 Å². The van der Waals surface area contributed by atoms with Gasteiger partial charge in [0.1, 0.15) is 11.4 Å². The molecule has 1 aromatic carbocycles. The number of nitrogens with two attached hydrogens (primary N) is 1. The highest BCUT2D eigenvalue weighted by Gasteiger charge is 2.15. The Morgan fingerprint density at radius 3 is 2.72 bits per heavy atom. The number of nitrogens with zero attached hydrogens (tertiary/aromatic N) is 2. The molecule has 0 saturated carbocycles. The van der Waals surface area contributed by atoms with E-state index in [1.165, 1.54) is 0 Å². The third-order valence-corrected chi connectivity index (χ3v) is 3.01. The van der Waals surface area contributed by atoms with Gasteiger partial charge >= 0.3 is 0 Å². The molecule has 18 heavy (non-hydrogen) atoms. The quantitative estimate of drug-likeness (QED) is 0.923. The summed E-state index contributed by atoms with van der Waals surface area (Å²) in [7, 11) is 0. The molecule has 0 bridgehead atoms. The van der Waals surface area contributed by atoms with Crippen LogP contribution in [0.4, 0.5) is 5.69 Å². The first-order chi connectivity index (χ1) is 8.52. The minimum Gasteiger partial charge on any atom is -0.436 e. The Labute approximate surface area is 111 Å². The Bertz CT molecular complexity index is 578. The fraction of sp³-hybridized carbons (Fsp3) is 0.308. The lowest BCUT2D eigenvalue weighted by Gasteiger charge is -2.10. The molecule has 2 rings (SSSR count). The normalized spacial score (nSPS) is 10.7. The van der Waals surface area contributed by atoms with E-state index in [-0.39, 0.29) is 0 Å². The smallest absolute Gasteiger partial charge is 0.241 e. The Morgan fingerprint density at radius 1 is 1.39 bits per heavy atom. The van der Waals surface area contributed by atoms with Crippen molar-refractivity contribution in [3.05, 3.63) is 34.5 Å². The molecular formula is C13H16ClN3O. The number of hydrogen-bond donors (Lipinski definition) is 1. The summed E-state index contributed by atoms with van der Waals surface area (Å²) in [5.74, 6) is 1.13. The average molecular weight is 266 g/mol. The van der Waals surface area contributed by atoms with E-state index >= 15 is 0 Å². The Kier molecular flexibility index (Phi) is 3.48. The third-order valence-electron chi connectivity index (χ3n) is 2.72. The lowest BCUT2D eigenvalue weighted by molar-refractivity contribution is 0.418. The number of hydrogen-bond acceptors (Lipinski definition) is 3. The predicted molar refractivity (Wildman–Crippen MR) is 73.3 cm³/mol. The van der Waals surface area contributed by atoms with Crippen LogP contribution in [-0.4, -0.2) is 9.78 Å². The molecule has 0 aliphatic carbocycles. The maximum atomic E-state index is 6.14. The molecule has 0 amide bonds. The molecular weight excluding hydrogens is 250 g/mol. The fourth-order valence-electron chi connectivity index (χ4n) is 1.69. The SMILES string of the molecule is CCn1nc(C)c(N)c1Oc1ccc(C)cc1Cl. The first-order valence-corrected chi connectivity index (χ1v) is 6.17. The van der Waals surface area contributed by atoms with Gasteiger partial charge in [-0.3, -0.25) is 0 Å². The van der Waals surface area contributed by atoms with Crippen molar-refractivity contribution in [1.82, 2.24) is 9.78 Å². The zero-order chi connectivity index (χ0) is 13.3. The van der Waals surface area contributed by atoms with Crippen LogP contribution in [0.1, 0.15) is 18.2 Å². The van der Waals surface area contributed by atoms with Crippen LogP contribution in [0.2, 0.25) is 5.02 Å². The highest BCUT2D eigenvalue weighted by atomic mass is 35.5. The topological polar surface area (TPSA) is 53.1 Å². The first kappa shape index (κ1) is 12.8. The second-order valence-corrected chi connectivity index (χ2v) is 4.56. The minimum absolute atomic E-state index is 0.542. The van der Waals surface area contributed by atoms with Gasteiger partial charge in [-0.15, -0.1) is 0 Å². The summed E-state index contributed by atoms with van der Waals surface area (Å²) in [4.78, 5) is 0. The zero-order valence-corrected chi connectivity index (χ0v) is 11.5. The van der Waals surface area contributed by atoms with Crippen molar-refractivity contribution < 1.29 is 4.74 Å². The van der Waals surface area contributed by atoms with Gasteiger partial charge in [-0.2, -0.15) is 5.10 Å². The summed E-state index contributed by atoms with van der Waals surface area (Å²) >= 11 is 6.14. The molecule has 1 heterocycles. The molecule has 0 radical (unpaired) electrons. The molecule has 2 N–H and O–H groups in total. The van der Waals surface area contributed by atoms with Crippen LogP contribution in [0.15, 0.2) is 18.2 Å². The van der Waals surface area contributed by atoms with E-state index in [1.807, 2.05) is 39.0 Å². The predicted octanol–water partition coefficient (Wildman–Crippen LogP) is 3.55. The lowest BCUT2D eigenvalue weighted by Crippen LogP contribution is -2.01. The van der Waals surface area contributed by atoms with Crippen LogP contribution in [-0.2, 0) is 6.54 Å². The number of rotatable bonds is 3. The van der Waals surface area contributed by atoms with Crippen LogP contribution in [0.3, 0.4) is 0 Å². The fourth-order valence-corrected chi connectivity index (χ4v) is 1.96. The molecule has 5 heteroatoms. The molecule has 1 aromatic heterocycles. The van der Waals surface area contributed by atoms with Gasteiger partial charge < -0.3 is 10.5 Å². The van der Waals surface area contributed by atoms with E-state index in [0.717, 1.165) is 11.3 Å². The molecule has 0 spiro atoms. The number of anilines is 1. The summed E-state index contributed by atoms with van der Waals surface area (Å²) in [5.41, 5.74) is 8.35. The van der Waals surface area contributed by atoms with Crippen molar-refractivity contribution in [2.45, 2.75) is 27.3 Å². The van der Waals surface area contributed by atoms with Crippen LogP contribution in [0.5, 0.6) is 11.6 Å². The summed E-state index contributed by atoms with van der Waals surface area (Å²) in [6.07, 6.45) is 0. The number of aromatic nitrogens is 2. The van der Waals surface area contributed by atoms with Crippen LogP contribution in [0.25, 0.3) is 0 Å².